The molecule has 12 N–H and O–H groups in total. The van der Waals surface area contributed by atoms with E-state index >= 15 is 0 Å². The second-order valence-electron chi connectivity index (χ2n) is 39.5. The molecule has 33 heteroatoms. The molecule has 5 heterocycles. The van der Waals surface area contributed by atoms with Crippen LogP contribution in [-0.2, 0) is 44.6 Å². The maximum absolute atomic E-state index is 12.3. The molecule has 10 aliphatic rings. The lowest BCUT2D eigenvalue weighted by Crippen LogP contribution is -2.37. The largest absolute Gasteiger partial charge is 0.411 e. The second kappa shape index (κ2) is 55.8. The quantitative estimate of drug-likeness (QED) is 0.0126. The Kier molecular flexibility index (Phi) is 44.1. The Bertz CT molecular complexity index is 4630. The number of ether oxygens (including phenoxy) is 4. The van der Waals surface area contributed by atoms with Crippen LogP contribution in [0.25, 0.3) is 0 Å². The van der Waals surface area contributed by atoms with E-state index in [2.05, 4.69) is 118 Å². The van der Waals surface area contributed by atoms with Gasteiger partial charge in [-0.1, -0.05) is 82.5 Å². The highest BCUT2D eigenvalue weighted by atomic mass is 19.4. The third kappa shape index (κ3) is 36.4. The van der Waals surface area contributed by atoms with E-state index in [4.69, 9.17) is 38.5 Å². The summed E-state index contributed by atoms with van der Waals surface area (Å²) in [5.74, 6) is 12.9. The van der Waals surface area contributed by atoms with Crippen LogP contribution in [0.1, 0.15) is 347 Å². The van der Waals surface area contributed by atoms with Crippen LogP contribution >= 0.6 is 0 Å². The number of nitriles is 2. The maximum atomic E-state index is 12.3. The Balaban J connectivity index is 0.000000164. The van der Waals surface area contributed by atoms with Gasteiger partial charge in [-0.25, -0.2) is 44.9 Å². The summed E-state index contributed by atoms with van der Waals surface area (Å²) < 4.78 is 82.3. The van der Waals surface area contributed by atoms with Gasteiger partial charge in [-0.05, 0) is 281 Å². The summed E-state index contributed by atoms with van der Waals surface area (Å²) in [6.07, 6.45) is 62.9. The normalized spacial score (nSPS) is 29.3. The number of aliphatic hydroxyl groups excluding tert-OH is 5. The number of methoxy groups -OCH3 is 1. The molecule has 15 rings (SSSR count). The Hall–Kier alpha value is -8.89. The van der Waals surface area contributed by atoms with Gasteiger partial charge < -0.3 is 81.5 Å². The highest BCUT2D eigenvalue weighted by molar-refractivity contribution is 5.54. The number of hydrogen-bond acceptors (Lipinski definition) is 28. The highest BCUT2D eigenvalue weighted by Crippen LogP contribution is 2.39. The van der Waals surface area contributed by atoms with E-state index < -0.39 is 31.1 Å². The molecule has 0 aromatic carbocycles. The van der Waals surface area contributed by atoms with Crippen molar-refractivity contribution in [2.75, 3.05) is 52.2 Å². The van der Waals surface area contributed by atoms with Crippen molar-refractivity contribution in [3.63, 3.8) is 0 Å². The number of hydrogen-bond donors (Lipinski definition) is 12. The molecule has 10 aliphatic carbocycles. The lowest BCUT2D eigenvalue weighted by molar-refractivity contribution is -0.187. The minimum Gasteiger partial charge on any atom is -0.393 e. The summed E-state index contributed by atoms with van der Waals surface area (Å²) in [7, 11) is 1.78. The molecule has 28 nitrogen and oxygen atoms in total. The van der Waals surface area contributed by atoms with Crippen LogP contribution in [0.2, 0.25) is 0 Å². The number of nitrogens with one attached hydrogen (secondary N) is 6. The van der Waals surface area contributed by atoms with Gasteiger partial charge in [0.15, 0.2) is 0 Å². The first-order valence-corrected chi connectivity index (χ1v) is 50.7. The lowest BCUT2D eigenvalue weighted by atomic mass is 9.75. The third-order valence-electron chi connectivity index (χ3n) is 29.1. The van der Waals surface area contributed by atoms with Crippen molar-refractivity contribution in [3.05, 3.63) is 81.6 Å². The van der Waals surface area contributed by atoms with Crippen LogP contribution in [0.4, 0.5) is 57.5 Å². The van der Waals surface area contributed by atoms with Crippen molar-refractivity contribution >= 4 is 35.6 Å². The van der Waals surface area contributed by atoms with Gasteiger partial charge in [0.2, 0.25) is 29.7 Å². The van der Waals surface area contributed by atoms with E-state index in [1.54, 1.807) is 31.9 Å². The molecule has 5 aromatic heterocycles. The Morgan fingerprint density at radius 3 is 1.14 bits per heavy atom. The van der Waals surface area contributed by atoms with Crippen molar-refractivity contribution in [2.45, 2.75) is 432 Å². The van der Waals surface area contributed by atoms with Gasteiger partial charge in [0, 0.05) is 62.5 Å². The molecule has 0 radical (unpaired) electrons. The van der Waals surface area contributed by atoms with Gasteiger partial charge >= 0.3 is 12.8 Å². The average Bonchev–Trinajstić information content (AvgIpc) is 1.43. The molecule has 10 fully saturated rings. The van der Waals surface area contributed by atoms with Crippen molar-refractivity contribution in [2.24, 2.45) is 23.7 Å². The van der Waals surface area contributed by atoms with Crippen LogP contribution in [0.15, 0.2) is 31.0 Å². The van der Waals surface area contributed by atoms with E-state index in [9.17, 15) is 63.1 Å². The number of halogens is 5. The molecule has 0 bridgehead atoms. The lowest BCUT2D eigenvalue weighted by Gasteiger charge is -2.36. The summed E-state index contributed by atoms with van der Waals surface area (Å²) in [5, 5.41) is 99.4. The molecule has 0 unspecified atom stereocenters. The first-order valence-electron chi connectivity index (χ1n) is 50.7. The van der Waals surface area contributed by atoms with E-state index in [0.29, 0.717) is 151 Å². The third-order valence-corrected chi connectivity index (χ3v) is 29.1. The molecular formula is C103H149F5N18O10. The predicted octanol–water partition coefficient (Wildman–Crippen LogP) is 17.2. The minimum absolute atomic E-state index is 0.0709. The fraction of sp³-hybridized carbons (Fsp3) is 0.728. The Morgan fingerprint density at radius 1 is 0.412 bits per heavy atom. The summed E-state index contributed by atoms with van der Waals surface area (Å²) >= 11 is 0. The zero-order valence-electron chi connectivity index (χ0n) is 80.1. The number of aromatic nitrogens is 10. The average molecular weight is 1890 g/mol. The summed E-state index contributed by atoms with van der Waals surface area (Å²) in [6, 6.07) is 5.50. The zero-order chi connectivity index (χ0) is 96.8. The number of anilines is 6. The molecule has 136 heavy (non-hydrogen) atoms. The van der Waals surface area contributed by atoms with E-state index in [-0.39, 0.29) is 60.8 Å². The van der Waals surface area contributed by atoms with Crippen molar-refractivity contribution < 1.29 is 71.5 Å². The first kappa shape index (κ1) is 108. The highest BCUT2D eigenvalue weighted by Gasteiger charge is 2.37. The van der Waals surface area contributed by atoms with Crippen LogP contribution < -0.4 is 31.9 Å². The Labute approximate surface area is 801 Å². The number of terminal acetylenes is 3. The molecular weight excluding hydrogens is 1740 g/mol. The van der Waals surface area contributed by atoms with Gasteiger partial charge in [0.25, 0.3) is 0 Å². The van der Waals surface area contributed by atoms with Crippen LogP contribution in [0.5, 0.6) is 0 Å². The number of alkyl halides is 5. The molecule has 0 saturated heterocycles. The molecule has 0 spiro atoms. The van der Waals surface area contributed by atoms with Crippen LogP contribution in [0.3, 0.4) is 0 Å². The van der Waals surface area contributed by atoms with E-state index in [0.717, 1.165) is 292 Å². The standard InChI is InChI=1S/C22H30F3N3O2.C22H33N3O2.C21H29F2N3O2.C21H32N4O2.C17H25N5O2/c1-2-16-13-26-21(28-20(16)12-15-5-3-4-6-18(29)11-15)27-17-7-9-19(10-8-17)30-14-22(23,24)25;1-3-17-15-23-22(24-18-9-11-20(12-10-18)27-4-2)25-21(17)14-16-7-5-6-8-19(26)13-16;1-2-15-13-24-21(25-16-7-9-18(10-8-16)28-20(22)23)26-19(15)12-14-5-3-4-6-17(27)11-14;1-3-21(26)10-4-5-15(12-21)11-19-16(13-22)14-23-20(25-19)24-17-6-8-18(27-2)9-7-17;18-9-11-10-19-17(20-12-5-7-13(23)8-6-12)22-16(11)21-14-3-1-2-4-15(14)24/h1,13,15,17-19,29H,3-12,14H2,(H,26,27,28);1,15-16,18-20,26H,4-14H2,2H3,(H,23,24,25);1,13-14,16-18,20,27H,3-12H2,(H,24,25,26);14-15,17-18,26H,3-12H2,1-2H3,(H,23,24,25);10,12-15,23-24H,1-8H2,(H2,19,20,21,22)/t15-,17?,18+,19?;16-,18?,19+,20?;14-,16?,17+,18?;15-,17?,18?,21-;12?,13?,14-,15+/m11101/s1. The summed E-state index contributed by atoms with van der Waals surface area (Å²) in [6.45, 7) is 0.998. The number of aliphatic hydroxyl groups is 6. The zero-order valence-corrected chi connectivity index (χ0v) is 80.1. The summed E-state index contributed by atoms with van der Waals surface area (Å²) in [5.41, 5.74) is 5.94. The van der Waals surface area contributed by atoms with Crippen LogP contribution in [0, 0.1) is 83.4 Å². The van der Waals surface area contributed by atoms with E-state index in [1.165, 1.54) is 12.6 Å². The van der Waals surface area contributed by atoms with Crippen molar-refractivity contribution in [1.29, 1.82) is 10.5 Å². The molecule has 5 aromatic rings. The van der Waals surface area contributed by atoms with Gasteiger partial charge in [0.05, 0.1) is 124 Å². The van der Waals surface area contributed by atoms with E-state index in [1.807, 2.05) is 6.92 Å². The van der Waals surface area contributed by atoms with Gasteiger partial charge in [-0.2, -0.15) is 37.5 Å². The van der Waals surface area contributed by atoms with Gasteiger partial charge in [0.1, 0.15) is 30.1 Å². The fourth-order valence-electron chi connectivity index (χ4n) is 21.3. The minimum atomic E-state index is -4.29. The van der Waals surface area contributed by atoms with Gasteiger partial charge in [-0.15, -0.1) is 19.3 Å². The number of nitrogens with zero attached hydrogens (tertiary/aromatic N) is 12. The topological polar surface area (TPSA) is 407 Å². The van der Waals surface area contributed by atoms with Crippen molar-refractivity contribution in [1.82, 2.24) is 49.8 Å². The molecule has 10 atom stereocenters. The maximum Gasteiger partial charge on any atom is 0.411 e. The predicted molar refractivity (Wildman–Crippen MR) is 513 cm³/mol. The van der Waals surface area contributed by atoms with Crippen molar-refractivity contribution in [3.8, 4) is 49.2 Å². The molecule has 0 aliphatic heterocycles. The summed E-state index contributed by atoms with van der Waals surface area (Å²) in [4.78, 5) is 44.9. The van der Waals surface area contributed by atoms with Gasteiger partial charge in [-0.3, -0.25) is 0 Å². The molecule has 746 valence electrons. The Morgan fingerprint density at radius 2 is 0.757 bits per heavy atom. The number of rotatable bonds is 28. The second-order valence-corrected chi connectivity index (χ2v) is 39.5. The smallest absolute Gasteiger partial charge is 0.393 e. The molecule has 0 amide bonds. The monoisotopic (exact) mass is 1890 g/mol. The first-order chi connectivity index (χ1) is 65.7. The van der Waals surface area contributed by atoms with Crippen LogP contribution in [-0.4, -0.2) is 210 Å². The SMILES string of the molecule is C#Cc1cnc(NC2CCC(OC(F)F)CC2)nc1C[C@@H]1CCCC[C@H](O)C1.C#Cc1cnc(NC2CCC(OCC(F)(F)F)CC2)nc1C[C@@H]1CCCC[C@H](O)C1.C#Cc1cnc(NC2CCC(OCC)CC2)nc1C[C@@H]1CCCC[C@H](O)C1.CC[C@]1(O)CCC[C@@H](Cc2nc(NC3CCC(OC)CC3)ncc2C#N)C1.N#Cc1cnc(NC2CCC(O)CC2)nc1N[C@@H]1CCCC[C@@H]1O. The fourth-order valence-corrected chi connectivity index (χ4v) is 21.3. The molecule has 10 saturated carbocycles.